The Hall–Kier alpha value is -1.13. The van der Waals surface area contributed by atoms with Gasteiger partial charge in [-0.25, -0.2) is 4.98 Å². The first-order valence-corrected chi connectivity index (χ1v) is 6.91. The molecule has 3 fully saturated rings. The van der Waals surface area contributed by atoms with Crippen molar-refractivity contribution in [2.45, 2.75) is 31.6 Å². The summed E-state index contributed by atoms with van der Waals surface area (Å²) in [6.07, 6.45) is 5.40. The molecule has 0 aliphatic carbocycles. The van der Waals surface area contributed by atoms with Crippen LogP contribution in [-0.4, -0.2) is 30.3 Å². The van der Waals surface area contributed by atoms with Gasteiger partial charge in [-0.1, -0.05) is 6.07 Å². The van der Waals surface area contributed by atoms with Crippen molar-refractivity contribution in [1.29, 1.82) is 0 Å². The Morgan fingerprint density at radius 1 is 1.28 bits per heavy atom. The van der Waals surface area contributed by atoms with Crippen LogP contribution in [0.2, 0.25) is 0 Å². The molecule has 4 heterocycles. The topological polar surface area (TPSA) is 51.4 Å². The van der Waals surface area contributed by atoms with Gasteiger partial charge in [-0.15, -0.1) is 0 Å². The standard InChI is InChI=1S/C14H19N3O/c15-6-9-2-1-5-16-14(9)17-7-10-11(8-17)13-4-3-12(10)18-13/h1-2,5,10-13H,3-4,6-8,15H2/t10-,11+,12?,13?. The van der Waals surface area contributed by atoms with E-state index in [-0.39, 0.29) is 0 Å². The summed E-state index contributed by atoms with van der Waals surface area (Å²) < 4.78 is 6.01. The minimum absolute atomic E-state index is 0.509. The quantitative estimate of drug-likeness (QED) is 0.849. The van der Waals surface area contributed by atoms with Crippen molar-refractivity contribution in [3.63, 3.8) is 0 Å². The van der Waals surface area contributed by atoms with Crippen LogP contribution in [0.4, 0.5) is 5.82 Å². The lowest BCUT2D eigenvalue weighted by Crippen LogP contribution is -2.26. The fourth-order valence-corrected chi connectivity index (χ4v) is 4.01. The van der Waals surface area contributed by atoms with Crippen molar-refractivity contribution in [3.8, 4) is 0 Å². The Labute approximate surface area is 107 Å². The van der Waals surface area contributed by atoms with Crippen LogP contribution < -0.4 is 10.6 Å². The fraction of sp³-hybridized carbons (Fsp3) is 0.643. The van der Waals surface area contributed by atoms with Gasteiger partial charge in [0.15, 0.2) is 0 Å². The van der Waals surface area contributed by atoms with E-state index in [1.165, 1.54) is 12.8 Å². The Morgan fingerprint density at radius 3 is 2.67 bits per heavy atom. The molecule has 1 aromatic rings. The second-order valence-electron chi connectivity index (χ2n) is 5.71. The maximum atomic E-state index is 6.01. The maximum absolute atomic E-state index is 6.01. The third-order valence-electron chi connectivity index (χ3n) is 4.84. The monoisotopic (exact) mass is 245 g/mol. The van der Waals surface area contributed by atoms with Gasteiger partial charge in [0.25, 0.3) is 0 Å². The summed E-state index contributed by atoms with van der Waals surface area (Å²) in [5, 5.41) is 0. The van der Waals surface area contributed by atoms with Crippen molar-refractivity contribution < 1.29 is 4.74 Å². The number of hydrogen-bond acceptors (Lipinski definition) is 4. The molecule has 0 spiro atoms. The van der Waals surface area contributed by atoms with E-state index in [2.05, 4.69) is 16.0 Å². The molecule has 0 amide bonds. The largest absolute Gasteiger partial charge is 0.374 e. The highest BCUT2D eigenvalue weighted by Crippen LogP contribution is 2.47. The molecule has 2 bridgehead atoms. The molecule has 4 nitrogen and oxygen atoms in total. The Bertz CT molecular complexity index is 446. The van der Waals surface area contributed by atoms with E-state index in [0.717, 1.165) is 36.3 Å². The van der Waals surface area contributed by atoms with Crippen LogP contribution >= 0.6 is 0 Å². The van der Waals surface area contributed by atoms with Crippen LogP contribution in [0, 0.1) is 11.8 Å². The summed E-state index contributed by atoms with van der Waals surface area (Å²) in [4.78, 5) is 6.96. The lowest BCUT2D eigenvalue weighted by atomic mass is 9.82. The minimum atomic E-state index is 0.509. The van der Waals surface area contributed by atoms with Gasteiger partial charge in [-0.3, -0.25) is 0 Å². The summed E-state index contributed by atoms with van der Waals surface area (Å²) in [5.74, 6) is 2.53. The average molecular weight is 245 g/mol. The van der Waals surface area contributed by atoms with Crippen LogP contribution in [0.25, 0.3) is 0 Å². The summed E-state index contributed by atoms with van der Waals surface area (Å²) in [7, 11) is 0. The Kier molecular flexibility index (Phi) is 2.35. The van der Waals surface area contributed by atoms with Crippen molar-refractivity contribution in [1.82, 2.24) is 4.98 Å². The number of pyridine rings is 1. The van der Waals surface area contributed by atoms with E-state index < -0.39 is 0 Å². The van der Waals surface area contributed by atoms with Crippen molar-refractivity contribution in [2.24, 2.45) is 17.6 Å². The SMILES string of the molecule is NCc1cccnc1N1C[C@@H]2C3CCC(O3)[C@@H]2C1. The van der Waals surface area contributed by atoms with E-state index in [1.807, 2.05) is 12.3 Å². The molecule has 2 N–H and O–H groups in total. The van der Waals surface area contributed by atoms with Crippen molar-refractivity contribution in [3.05, 3.63) is 23.9 Å². The maximum Gasteiger partial charge on any atom is 0.133 e. The number of rotatable bonds is 2. The zero-order valence-electron chi connectivity index (χ0n) is 10.5. The summed E-state index contributed by atoms with van der Waals surface area (Å²) in [6.45, 7) is 2.75. The van der Waals surface area contributed by atoms with Gasteiger partial charge in [0, 0.05) is 43.2 Å². The average Bonchev–Trinajstić information content (AvgIpc) is 3.10. The van der Waals surface area contributed by atoms with Crippen molar-refractivity contribution in [2.75, 3.05) is 18.0 Å². The van der Waals surface area contributed by atoms with Gasteiger partial charge in [-0.2, -0.15) is 0 Å². The smallest absolute Gasteiger partial charge is 0.133 e. The zero-order valence-corrected chi connectivity index (χ0v) is 10.5. The lowest BCUT2D eigenvalue weighted by molar-refractivity contribution is 0.0849. The molecule has 0 radical (unpaired) electrons. The summed E-state index contributed by atoms with van der Waals surface area (Å²) >= 11 is 0. The number of aromatic nitrogens is 1. The number of nitrogens with two attached hydrogens (primary N) is 1. The number of fused-ring (bicyclic) bond motifs is 5. The van der Waals surface area contributed by atoms with E-state index in [1.54, 1.807) is 0 Å². The van der Waals surface area contributed by atoms with E-state index in [4.69, 9.17) is 10.5 Å². The van der Waals surface area contributed by atoms with Gasteiger partial charge < -0.3 is 15.4 Å². The molecule has 0 saturated carbocycles. The molecule has 3 aliphatic heterocycles. The fourth-order valence-electron chi connectivity index (χ4n) is 4.01. The van der Waals surface area contributed by atoms with Crippen LogP contribution in [0.3, 0.4) is 0 Å². The highest BCUT2D eigenvalue weighted by molar-refractivity contribution is 5.48. The number of ether oxygens (including phenoxy) is 1. The van der Waals surface area contributed by atoms with E-state index in [0.29, 0.717) is 18.8 Å². The van der Waals surface area contributed by atoms with E-state index >= 15 is 0 Å². The molecular formula is C14H19N3O. The normalized spacial score (nSPS) is 37.3. The molecule has 3 saturated heterocycles. The van der Waals surface area contributed by atoms with Gasteiger partial charge >= 0.3 is 0 Å². The first-order valence-electron chi connectivity index (χ1n) is 6.91. The predicted molar refractivity (Wildman–Crippen MR) is 69.2 cm³/mol. The molecule has 1 aromatic heterocycles. The van der Waals surface area contributed by atoms with Gasteiger partial charge in [-0.05, 0) is 18.9 Å². The minimum Gasteiger partial charge on any atom is -0.374 e. The second kappa shape index (κ2) is 3.93. The molecule has 18 heavy (non-hydrogen) atoms. The Balaban J connectivity index is 1.61. The highest BCUT2D eigenvalue weighted by atomic mass is 16.5. The predicted octanol–water partition coefficient (Wildman–Crippen LogP) is 1.15. The highest BCUT2D eigenvalue weighted by Gasteiger charge is 2.53. The van der Waals surface area contributed by atoms with Gasteiger partial charge in [0.1, 0.15) is 5.82 Å². The van der Waals surface area contributed by atoms with Gasteiger partial charge in [0.2, 0.25) is 0 Å². The van der Waals surface area contributed by atoms with Crippen LogP contribution in [0.5, 0.6) is 0 Å². The number of anilines is 1. The molecule has 0 aromatic carbocycles. The first-order chi connectivity index (χ1) is 8.86. The zero-order chi connectivity index (χ0) is 12.1. The third-order valence-corrected chi connectivity index (χ3v) is 4.84. The molecule has 4 atom stereocenters. The number of nitrogens with zero attached hydrogens (tertiary/aromatic N) is 2. The van der Waals surface area contributed by atoms with Crippen molar-refractivity contribution >= 4 is 5.82 Å². The first kappa shape index (κ1) is 10.8. The molecule has 4 heteroatoms. The molecule has 96 valence electrons. The van der Waals surface area contributed by atoms with E-state index in [9.17, 15) is 0 Å². The number of hydrogen-bond donors (Lipinski definition) is 1. The molecular weight excluding hydrogens is 226 g/mol. The molecule has 4 rings (SSSR count). The lowest BCUT2D eigenvalue weighted by Gasteiger charge is -2.22. The third kappa shape index (κ3) is 1.42. The summed E-state index contributed by atoms with van der Waals surface area (Å²) in [6, 6.07) is 4.05. The second-order valence-corrected chi connectivity index (χ2v) is 5.71. The van der Waals surface area contributed by atoms with Crippen LogP contribution in [-0.2, 0) is 11.3 Å². The van der Waals surface area contributed by atoms with Crippen LogP contribution in [0.1, 0.15) is 18.4 Å². The van der Waals surface area contributed by atoms with Crippen LogP contribution in [0.15, 0.2) is 18.3 Å². The summed E-state index contributed by atoms with van der Waals surface area (Å²) in [5.41, 5.74) is 6.97. The Morgan fingerprint density at radius 2 is 2.00 bits per heavy atom. The molecule has 3 aliphatic rings. The molecule has 2 unspecified atom stereocenters. The van der Waals surface area contributed by atoms with Gasteiger partial charge in [0.05, 0.1) is 12.2 Å².